The van der Waals surface area contributed by atoms with Crippen LogP contribution < -0.4 is 5.43 Å². The lowest BCUT2D eigenvalue weighted by atomic mass is 10.2. The minimum atomic E-state index is -4.41. The molecule has 0 amide bonds. The Labute approximate surface area is 112 Å². The molecule has 1 aromatic heterocycles. The molecule has 0 aliphatic rings. The molecule has 0 saturated carbocycles. The lowest BCUT2D eigenvalue weighted by Crippen LogP contribution is -2.08. The van der Waals surface area contributed by atoms with Crippen LogP contribution in [0.4, 0.5) is 0 Å². The van der Waals surface area contributed by atoms with Crippen LogP contribution in [0.3, 0.4) is 0 Å². The van der Waals surface area contributed by atoms with Crippen LogP contribution in [0, 0.1) is 0 Å². The Kier molecular flexibility index (Phi) is 2.67. The molecule has 0 radical (unpaired) electrons. The zero-order chi connectivity index (χ0) is 13.6. The van der Waals surface area contributed by atoms with Crippen LogP contribution in [0.1, 0.15) is 0 Å². The zero-order valence-corrected chi connectivity index (χ0v) is 11.2. The van der Waals surface area contributed by atoms with E-state index in [1.54, 1.807) is 24.3 Å². The summed E-state index contributed by atoms with van der Waals surface area (Å²) >= 11 is 1.32. The summed E-state index contributed by atoms with van der Waals surface area (Å²) in [6.07, 6.45) is 0. The van der Waals surface area contributed by atoms with Crippen molar-refractivity contribution in [2.24, 2.45) is 0 Å². The van der Waals surface area contributed by atoms with E-state index in [1.165, 1.54) is 23.5 Å². The Morgan fingerprint density at radius 1 is 0.947 bits per heavy atom. The monoisotopic (exact) mass is 292 g/mol. The summed E-state index contributed by atoms with van der Waals surface area (Å²) in [5.41, 5.74) is -0.377. The summed E-state index contributed by atoms with van der Waals surface area (Å²) < 4.78 is 33.3. The lowest BCUT2D eigenvalue weighted by molar-refractivity contribution is 0.484. The molecular weight excluding hydrogens is 284 g/mol. The van der Waals surface area contributed by atoms with Gasteiger partial charge in [0.2, 0.25) is 0 Å². The van der Waals surface area contributed by atoms with Gasteiger partial charge < -0.3 is 0 Å². The highest BCUT2D eigenvalue weighted by molar-refractivity contribution is 7.86. The molecule has 0 atom stereocenters. The molecule has 3 aromatic rings. The highest BCUT2D eigenvalue weighted by atomic mass is 32.2. The van der Waals surface area contributed by atoms with E-state index < -0.39 is 10.1 Å². The van der Waals surface area contributed by atoms with Gasteiger partial charge in [-0.1, -0.05) is 18.2 Å². The van der Waals surface area contributed by atoms with Crippen LogP contribution in [-0.2, 0) is 10.1 Å². The fourth-order valence-electron chi connectivity index (χ4n) is 2.03. The summed E-state index contributed by atoms with van der Waals surface area (Å²) in [5.74, 6) is 0. The molecule has 0 aliphatic carbocycles. The minimum Gasteiger partial charge on any atom is -0.288 e. The molecule has 0 spiro atoms. The van der Waals surface area contributed by atoms with E-state index in [4.69, 9.17) is 0 Å². The summed E-state index contributed by atoms with van der Waals surface area (Å²) in [6, 6.07) is 11.4. The Bertz CT molecular complexity index is 955. The maximum atomic E-state index is 12.4. The molecule has 4 nitrogen and oxygen atoms in total. The third-order valence-electron chi connectivity index (χ3n) is 2.84. The SMILES string of the molecule is O=c1c2ccccc2sc2cccc(S(=O)(=O)O)c12. The third kappa shape index (κ3) is 1.94. The molecule has 2 aromatic carbocycles. The molecule has 0 fully saturated rings. The maximum absolute atomic E-state index is 12.4. The van der Waals surface area contributed by atoms with Crippen LogP contribution in [0.2, 0.25) is 0 Å². The highest BCUT2D eigenvalue weighted by Gasteiger charge is 2.17. The average Bonchev–Trinajstić information content (AvgIpc) is 2.37. The van der Waals surface area contributed by atoms with Gasteiger partial charge in [0, 0.05) is 14.8 Å². The van der Waals surface area contributed by atoms with Gasteiger partial charge >= 0.3 is 0 Å². The van der Waals surface area contributed by atoms with Gasteiger partial charge in [0.15, 0.2) is 5.43 Å². The van der Waals surface area contributed by atoms with Crippen molar-refractivity contribution < 1.29 is 13.0 Å². The molecule has 6 heteroatoms. The van der Waals surface area contributed by atoms with E-state index in [0.717, 1.165) is 4.70 Å². The molecule has 0 aliphatic heterocycles. The van der Waals surface area contributed by atoms with Gasteiger partial charge in [-0.2, -0.15) is 8.42 Å². The van der Waals surface area contributed by atoms with Crippen molar-refractivity contribution >= 4 is 41.6 Å². The smallest absolute Gasteiger partial charge is 0.288 e. The maximum Gasteiger partial charge on any atom is 0.295 e. The Morgan fingerprint density at radius 3 is 2.37 bits per heavy atom. The quantitative estimate of drug-likeness (QED) is 0.553. The van der Waals surface area contributed by atoms with E-state index in [9.17, 15) is 17.8 Å². The lowest BCUT2D eigenvalue weighted by Gasteiger charge is -2.04. The average molecular weight is 292 g/mol. The summed E-state index contributed by atoms with van der Waals surface area (Å²) in [7, 11) is -4.41. The van der Waals surface area contributed by atoms with Gasteiger partial charge in [0.25, 0.3) is 10.1 Å². The fraction of sp³-hybridized carbons (Fsp3) is 0. The second kappa shape index (κ2) is 4.12. The first-order valence-corrected chi connectivity index (χ1v) is 7.66. The van der Waals surface area contributed by atoms with Crippen LogP contribution >= 0.6 is 11.3 Å². The van der Waals surface area contributed by atoms with Crippen molar-refractivity contribution in [1.82, 2.24) is 0 Å². The fourth-order valence-corrected chi connectivity index (χ4v) is 3.91. The number of fused-ring (bicyclic) bond motifs is 2. The number of benzene rings is 2. The molecule has 0 unspecified atom stereocenters. The summed E-state index contributed by atoms with van der Waals surface area (Å²) in [5, 5.41) is 0.504. The van der Waals surface area contributed by atoms with Gasteiger partial charge in [-0.25, -0.2) is 0 Å². The third-order valence-corrected chi connectivity index (χ3v) is 4.88. The first-order chi connectivity index (χ1) is 8.98. The van der Waals surface area contributed by atoms with E-state index in [0.29, 0.717) is 10.1 Å². The predicted molar refractivity (Wildman–Crippen MR) is 75.4 cm³/mol. The van der Waals surface area contributed by atoms with Crippen molar-refractivity contribution in [3.05, 3.63) is 52.7 Å². The summed E-state index contributed by atoms with van der Waals surface area (Å²) in [6.45, 7) is 0. The van der Waals surface area contributed by atoms with Crippen molar-refractivity contribution in [1.29, 1.82) is 0 Å². The van der Waals surface area contributed by atoms with Crippen LogP contribution in [-0.4, -0.2) is 13.0 Å². The Hall–Kier alpha value is -1.76. The standard InChI is InChI=1S/C13H8O4S2/c14-13-8-4-1-2-5-9(8)18-10-6-3-7-11(12(10)13)19(15,16)17/h1-7H,(H,15,16,17). The molecule has 3 rings (SSSR count). The van der Waals surface area contributed by atoms with Crippen molar-refractivity contribution in [2.45, 2.75) is 4.90 Å². The van der Waals surface area contributed by atoms with Crippen molar-refractivity contribution in [3.8, 4) is 0 Å². The predicted octanol–water partition coefficient (Wildman–Crippen LogP) is 2.66. The number of rotatable bonds is 1. The van der Waals surface area contributed by atoms with E-state index in [-0.39, 0.29) is 15.7 Å². The highest BCUT2D eigenvalue weighted by Crippen LogP contribution is 2.28. The topological polar surface area (TPSA) is 71.4 Å². The van der Waals surface area contributed by atoms with E-state index >= 15 is 0 Å². The minimum absolute atomic E-state index is 0.0497. The molecule has 19 heavy (non-hydrogen) atoms. The second-order valence-electron chi connectivity index (χ2n) is 4.03. The largest absolute Gasteiger partial charge is 0.295 e. The first kappa shape index (κ1) is 12.3. The molecule has 1 heterocycles. The van der Waals surface area contributed by atoms with Crippen LogP contribution in [0.25, 0.3) is 20.2 Å². The molecule has 0 bridgehead atoms. The normalized spacial score (nSPS) is 12.1. The molecule has 96 valence electrons. The Morgan fingerprint density at radius 2 is 1.63 bits per heavy atom. The van der Waals surface area contributed by atoms with Gasteiger partial charge in [-0.3, -0.25) is 9.35 Å². The summed E-state index contributed by atoms with van der Waals surface area (Å²) in [4.78, 5) is 12.1. The second-order valence-corrected chi connectivity index (χ2v) is 6.51. The van der Waals surface area contributed by atoms with Crippen molar-refractivity contribution in [2.75, 3.05) is 0 Å². The molecule has 0 saturated heterocycles. The molecule has 1 N–H and O–H groups in total. The van der Waals surface area contributed by atoms with Gasteiger partial charge in [-0.05, 0) is 24.3 Å². The number of hydrogen-bond donors (Lipinski definition) is 1. The first-order valence-electron chi connectivity index (χ1n) is 5.40. The van der Waals surface area contributed by atoms with Gasteiger partial charge in [0.05, 0.1) is 5.39 Å². The van der Waals surface area contributed by atoms with E-state index in [2.05, 4.69) is 0 Å². The zero-order valence-electron chi connectivity index (χ0n) is 9.53. The van der Waals surface area contributed by atoms with Crippen LogP contribution in [0.15, 0.2) is 52.2 Å². The van der Waals surface area contributed by atoms with Gasteiger partial charge in [0.1, 0.15) is 4.90 Å². The number of hydrogen-bond acceptors (Lipinski definition) is 4. The van der Waals surface area contributed by atoms with E-state index in [1.807, 2.05) is 6.07 Å². The van der Waals surface area contributed by atoms with Crippen LogP contribution in [0.5, 0.6) is 0 Å². The van der Waals surface area contributed by atoms with Crippen molar-refractivity contribution in [3.63, 3.8) is 0 Å². The Balaban J connectivity index is 2.65. The molecular formula is C13H8O4S2. The van der Waals surface area contributed by atoms with Gasteiger partial charge in [-0.15, -0.1) is 11.3 Å².